The van der Waals surface area contributed by atoms with Gasteiger partial charge in [0.25, 0.3) is 0 Å². The van der Waals surface area contributed by atoms with Crippen LogP contribution in [-0.2, 0) is 12.8 Å². The van der Waals surface area contributed by atoms with Crippen molar-refractivity contribution < 1.29 is 4.74 Å². The van der Waals surface area contributed by atoms with Crippen LogP contribution in [0.4, 0.5) is 0 Å². The van der Waals surface area contributed by atoms with Crippen LogP contribution in [0.3, 0.4) is 0 Å². The third kappa shape index (κ3) is 4.23. The summed E-state index contributed by atoms with van der Waals surface area (Å²) >= 11 is 7.59. The lowest BCUT2D eigenvalue weighted by Gasteiger charge is -2.14. The zero-order valence-electron chi connectivity index (χ0n) is 10.9. The van der Waals surface area contributed by atoms with Gasteiger partial charge < -0.3 is 10.5 Å². The maximum atomic E-state index is 5.96. The van der Waals surface area contributed by atoms with Crippen LogP contribution in [0.1, 0.15) is 10.4 Å². The summed E-state index contributed by atoms with van der Waals surface area (Å²) < 4.78 is 6.08. The molecule has 19 heavy (non-hydrogen) atoms. The molecule has 1 aromatic heterocycles. The van der Waals surface area contributed by atoms with Crippen molar-refractivity contribution in [2.75, 3.05) is 13.7 Å². The van der Waals surface area contributed by atoms with E-state index in [2.05, 4.69) is 18.2 Å². The van der Waals surface area contributed by atoms with Crippen molar-refractivity contribution >= 4 is 22.9 Å². The van der Waals surface area contributed by atoms with E-state index in [0.717, 1.165) is 22.9 Å². The molecule has 0 radical (unpaired) electrons. The van der Waals surface area contributed by atoms with Crippen LogP contribution in [0.5, 0.6) is 5.75 Å². The maximum absolute atomic E-state index is 5.96. The Bertz CT molecular complexity index is 526. The molecule has 0 amide bonds. The average molecular weight is 296 g/mol. The summed E-state index contributed by atoms with van der Waals surface area (Å²) in [6, 6.07) is 12.2. The van der Waals surface area contributed by atoms with Crippen LogP contribution in [-0.4, -0.2) is 13.7 Å². The van der Waals surface area contributed by atoms with Gasteiger partial charge in [-0.25, -0.2) is 0 Å². The van der Waals surface area contributed by atoms with E-state index in [1.807, 2.05) is 18.2 Å². The van der Waals surface area contributed by atoms with E-state index in [1.165, 1.54) is 10.4 Å². The number of methoxy groups -OCH3 is 1. The average Bonchev–Trinajstić information content (AvgIpc) is 2.83. The van der Waals surface area contributed by atoms with Crippen LogP contribution < -0.4 is 10.5 Å². The van der Waals surface area contributed by atoms with Gasteiger partial charge in [-0.3, -0.25) is 0 Å². The van der Waals surface area contributed by atoms with Gasteiger partial charge in [0.05, 0.1) is 11.4 Å². The highest BCUT2D eigenvalue weighted by Gasteiger charge is 2.11. The van der Waals surface area contributed by atoms with Gasteiger partial charge >= 0.3 is 0 Å². The van der Waals surface area contributed by atoms with Crippen molar-refractivity contribution in [2.45, 2.75) is 12.8 Å². The second kappa shape index (κ2) is 6.94. The Morgan fingerprint density at radius 2 is 2.11 bits per heavy atom. The van der Waals surface area contributed by atoms with Gasteiger partial charge in [0.15, 0.2) is 0 Å². The molecular weight excluding hydrogens is 278 g/mol. The van der Waals surface area contributed by atoms with Crippen LogP contribution in [0.2, 0.25) is 4.34 Å². The zero-order chi connectivity index (χ0) is 13.7. The number of hydrogen-bond donors (Lipinski definition) is 1. The van der Waals surface area contributed by atoms with E-state index in [-0.39, 0.29) is 0 Å². The predicted octanol–water partition coefficient (Wildman–Crippen LogP) is 3.77. The minimum Gasteiger partial charge on any atom is -0.497 e. The molecule has 4 heteroatoms. The lowest BCUT2D eigenvalue weighted by Crippen LogP contribution is -2.19. The number of rotatable bonds is 6. The first-order chi connectivity index (χ1) is 9.21. The highest BCUT2D eigenvalue weighted by atomic mass is 35.5. The Labute approximate surface area is 123 Å². The number of halogens is 1. The second-order valence-corrected chi connectivity index (χ2v) is 6.37. The topological polar surface area (TPSA) is 35.2 Å². The monoisotopic (exact) mass is 295 g/mol. The first kappa shape index (κ1) is 14.4. The van der Waals surface area contributed by atoms with Crippen molar-refractivity contribution in [1.29, 1.82) is 0 Å². The van der Waals surface area contributed by atoms with Gasteiger partial charge in [-0.15, -0.1) is 11.3 Å². The van der Waals surface area contributed by atoms with E-state index in [1.54, 1.807) is 18.4 Å². The molecule has 0 aliphatic heterocycles. The van der Waals surface area contributed by atoms with E-state index < -0.39 is 0 Å². The van der Waals surface area contributed by atoms with Crippen molar-refractivity contribution in [3.05, 3.63) is 51.2 Å². The largest absolute Gasteiger partial charge is 0.497 e. The summed E-state index contributed by atoms with van der Waals surface area (Å²) in [4.78, 5) is 1.29. The predicted molar refractivity (Wildman–Crippen MR) is 82.3 cm³/mol. The molecule has 102 valence electrons. The lowest BCUT2D eigenvalue weighted by molar-refractivity contribution is 0.413. The van der Waals surface area contributed by atoms with E-state index in [9.17, 15) is 0 Å². The standard InChI is InChI=1S/C15H18ClNOS/c1-18-13-4-2-3-11(8-13)7-12(10-17)9-14-5-6-15(16)19-14/h2-6,8,12H,7,9-10,17H2,1H3. The molecule has 1 unspecified atom stereocenters. The highest BCUT2D eigenvalue weighted by Crippen LogP contribution is 2.25. The van der Waals surface area contributed by atoms with Crippen LogP contribution >= 0.6 is 22.9 Å². The van der Waals surface area contributed by atoms with Gasteiger partial charge in [-0.05, 0) is 55.1 Å². The fraction of sp³-hybridized carbons (Fsp3) is 0.333. The number of thiophene rings is 1. The molecule has 1 atom stereocenters. The van der Waals surface area contributed by atoms with Crippen molar-refractivity contribution in [3.63, 3.8) is 0 Å². The third-order valence-electron chi connectivity index (χ3n) is 3.11. The summed E-state index contributed by atoms with van der Waals surface area (Å²) in [5.41, 5.74) is 7.15. The van der Waals surface area contributed by atoms with Crippen LogP contribution in [0, 0.1) is 5.92 Å². The summed E-state index contributed by atoms with van der Waals surface area (Å²) in [5, 5.41) is 0. The van der Waals surface area contributed by atoms with Gasteiger partial charge in [0.1, 0.15) is 5.75 Å². The third-order valence-corrected chi connectivity index (χ3v) is 4.36. The minimum absolute atomic E-state index is 0.432. The van der Waals surface area contributed by atoms with Crippen molar-refractivity contribution in [1.82, 2.24) is 0 Å². The Kier molecular flexibility index (Phi) is 5.25. The van der Waals surface area contributed by atoms with Crippen LogP contribution in [0.25, 0.3) is 0 Å². The molecule has 0 aliphatic carbocycles. The van der Waals surface area contributed by atoms with Crippen molar-refractivity contribution in [3.8, 4) is 5.75 Å². The molecule has 1 aromatic carbocycles. The Balaban J connectivity index is 2.01. The van der Waals surface area contributed by atoms with Gasteiger partial charge in [0, 0.05) is 4.88 Å². The number of ether oxygens (including phenoxy) is 1. The summed E-state index contributed by atoms with van der Waals surface area (Å²) in [7, 11) is 1.69. The smallest absolute Gasteiger partial charge is 0.119 e. The van der Waals surface area contributed by atoms with Gasteiger partial charge in [-0.1, -0.05) is 23.7 Å². The van der Waals surface area contributed by atoms with E-state index in [0.29, 0.717) is 12.5 Å². The Hall–Kier alpha value is -1.03. The molecule has 2 aromatic rings. The molecule has 2 rings (SSSR count). The minimum atomic E-state index is 0.432. The molecular formula is C15H18ClNOS. The van der Waals surface area contributed by atoms with Gasteiger partial charge in [0.2, 0.25) is 0 Å². The van der Waals surface area contributed by atoms with Crippen LogP contribution in [0.15, 0.2) is 36.4 Å². The summed E-state index contributed by atoms with van der Waals surface area (Å²) in [6.45, 7) is 0.673. The van der Waals surface area contributed by atoms with E-state index in [4.69, 9.17) is 22.1 Å². The molecule has 0 saturated carbocycles. The fourth-order valence-corrected chi connectivity index (χ4v) is 3.32. The number of hydrogen-bond acceptors (Lipinski definition) is 3. The Morgan fingerprint density at radius 3 is 2.74 bits per heavy atom. The summed E-state index contributed by atoms with van der Waals surface area (Å²) in [5.74, 6) is 1.33. The summed E-state index contributed by atoms with van der Waals surface area (Å²) in [6.07, 6.45) is 1.94. The van der Waals surface area contributed by atoms with Gasteiger partial charge in [-0.2, -0.15) is 0 Å². The molecule has 0 aliphatic rings. The molecule has 0 saturated heterocycles. The quantitative estimate of drug-likeness (QED) is 0.880. The fourth-order valence-electron chi connectivity index (χ4n) is 2.12. The SMILES string of the molecule is COc1cccc(CC(CN)Cc2ccc(Cl)s2)c1. The first-order valence-corrected chi connectivity index (χ1v) is 7.48. The van der Waals surface area contributed by atoms with E-state index >= 15 is 0 Å². The highest BCUT2D eigenvalue weighted by molar-refractivity contribution is 7.16. The Morgan fingerprint density at radius 1 is 1.26 bits per heavy atom. The van der Waals surface area contributed by atoms with Crippen molar-refractivity contribution in [2.24, 2.45) is 11.7 Å². The molecule has 1 heterocycles. The molecule has 2 nitrogen and oxygen atoms in total. The number of benzene rings is 1. The molecule has 0 spiro atoms. The molecule has 0 bridgehead atoms. The lowest BCUT2D eigenvalue weighted by atomic mass is 9.95. The zero-order valence-corrected chi connectivity index (χ0v) is 12.5. The maximum Gasteiger partial charge on any atom is 0.119 e. The number of nitrogens with two attached hydrogens (primary N) is 1. The normalized spacial score (nSPS) is 12.4. The first-order valence-electron chi connectivity index (χ1n) is 6.28. The molecule has 0 fully saturated rings. The second-order valence-electron chi connectivity index (χ2n) is 4.57. The molecule has 2 N–H and O–H groups in total.